The largest absolute Gasteiger partial charge is 0.184 e. The van der Waals surface area contributed by atoms with Crippen molar-refractivity contribution >= 4 is 22.3 Å². The van der Waals surface area contributed by atoms with Crippen LogP contribution >= 0.6 is 15.6 Å². The Morgan fingerprint density at radius 3 is 0.684 bits per heavy atom. The van der Waals surface area contributed by atoms with E-state index in [2.05, 4.69) is 83.1 Å². The fraction of sp³-hybridized carbons (Fsp3) is 1.00. The van der Waals surface area contributed by atoms with E-state index in [0.29, 0.717) is 20.6 Å². The van der Waals surface area contributed by atoms with Gasteiger partial charge in [0.1, 0.15) is 0 Å². The van der Waals surface area contributed by atoms with Gasteiger partial charge < -0.3 is 0 Å². The van der Waals surface area contributed by atoms with Crippen LogP contribution < -0.4 is 0 Å². The van der Waals surface area contributed by atoms with Gasteiger partial charge in [-0.2, -0.15) is 0 Å². The summed E-state index contributed by atoms with van der Waals surface area (Å²) in [6, 6.07) is 0. The van der Waals surface area contributed by atoms with E-state index in [0.717, 1.165) is 0 Å². The lowest BCUT2D eigenvalue weighted by Gasteiger charge is -2.49. The minimum Gasteiger partial charge on any atom is -0.127 e. The smallest absolute Gasteiger partial charge is 0.127 e. The van der Waals surface area contributed by atoms with Crippen LogP contribution in [0.2, 0.25) is 0 Å². The lowest BCUT2D eigenvalue weighted by molar-refractivity contribution is 0.714. The van der Waals surface area contributed by atoms with E-state index in [1.54, 1.807) is 0 Å². The Labute approximate surface area is 126 Å². The first-order valence-corrected chi connectivity index (χ1v) is 10.6. The fourth-order valence-electron chi connectivity index (χ4n) is 3.00. The molecule has 0 N–H and O–H groups in total. The highest BCUT2D eigenvalue weighted by atomic mass is 31.2. The quantitative estimate of drug-likeness (QED) is 0.408. The van der Waals surface area contributed by atoms with Gasteiger partial charge in [-0.1, -0.05) is 83.1 Å². The van der Waals surface area contributed by atoms with Crippen molar-refractivity contribution in [3.63, 3.8) is 0 Å². The number of hydrogen-bond donors (Lipinski definition) is 0. The van der Waals surface area contributed by atoms with Crippen molar-refractivity contribution in [3.8, 4) is 0 Å². The van der Waals surface area contributed by atoms with Crippen LogP contribution in [-0.2, 0) is 0 Å². The summed E-state index contributed by atoms with van der Waals surface area (Å²) in [5, 5.41) is 1.80. The van der Waals surface area contributed by atoms with Crippen LogP contribution in [0.3, 0.4) is 0 Å². The second-order valence-corrected chi connectivity index (χ2v) is 17.9. The first kappa shape index (κ1) is 19.9. The maximum absolute atomic E-state index is 2.45. The zero-order valence-corrected chi connectivity index (χ0v) is 17.4. The predicted octanol–water partition coefficient (Wildman–Crippen LogP) is 6.41. The van der Waals surface area contributed by atoms with Crippen LogP contribution in [0.1, 0.15) is 83.1 Å². The third-order valence-electron chi connectivity index (χ3n) is 3.52. The molecule has 3 heteroatoms. The van der Waals surface area contributed by atoms with Crippen molar-refractivity contribution in [2.24, 2.45) is 0 Å². The van der Waals surface area contributed by atoms with Gasteiger partial charge in [0.15, 0.2) is 6.72 Å². The van der Waals surface area contributed by atoms with Crippen molar-refractivity contribution in [2.45, 2.75) is 104 Å². The molecule has 0 nitrogen and oxygen atoms in total. The summed E-state index contributed by atoms with van der Waals surface area (Å²) in [6.45, 7) is 30.8. The second kappa shape index (κ2) is 5.97. The van der Waals surface area contributed by atoms with Crippen LogP contribution in [0.5, 0.6) is 0 Å². The Morgan fingerprint density at radius 2 is 0.579 bits per heavy atom. The van der Waals surface area contributed by atoms with Crippen molar-refractivity contribution in [3.05, 3.63) is 0 Å². The summed E-state index contributed by atoms with van der Waals surface area (Å²) in [6.07, 6.45) is 0. The van der Waals surface area contributed by atoms with Crippen molar-refractivity contribution in [1.29, 1.82) is 0 Å². The van der Waals surface area contributed by atoms with Gasteiger partial charge in [0.25, 0.3) is 0 Å². The Balaban J connectivity index is 5.43. The molecule has 0 rings (SSSR count). The zero-order chi connectivity index (χ0) is 15.9. The van der Waals surface area contributed by atoms with Crippen LogP contribution in [-0.4, -0.2) is 27.3 Å². The van der Waals surface area contributed by atoms with E-state index < -0.39 is 0 Å². The van der Waals surface area contributed by atoms with E-state index in [1.807, 2.05) is 0 Å². The predicted molar refractivity (Wildman–Crippen MR) is 100 cm³/mol. The third kappa shape index (κ3) is 6.48. The standard InChI is InChI=1S/C16H37BP2/c1-13(2,3)18(14(4,5)6)17-19(15(7,8)9)16(10,11)12/h17H,1-12H3. The van der Waals surface area contributed by atoms with Crippen LogP contribution in [0.15, 0.2) is 0 Å². The molecule has 0 amide bonds. The van der Waals surface area contributed by atoms with Gasteiger partial charge in [-0.25, -0.2) is 0 Å². The molecule has 0 saturated heterocycles. The van der Waals surface area contributed by atoms with E-state index in [9.17, 15) is 0 Å². The number of hydrogen-bond acceptors (Lipinski definition) is 0. The average Bonchev–Trinajstić information content (AvgIpc) is 1.91. The summed E-state index contributed by atoms with van der Waals surface area (Å²) in [7, 11) is 0.0363. The normalized spacial score (nSPS) is 15.3. The van der Waals surface area contributed by atoms with Gasteiger partial charge in [-0.05, 0) is 20.6 Å². The third-order valence-corrected chi connectivity index (χ3v) is 12.3. The van der Waals surface area contributed by atoms with Gasteiger partial charge in [0, 0.05) is 0 Å². The molecule has 0 aromatic carbocycles. The molecule has 0 spiro atoms. The molecule has 0 fully saturated rings. The molecule has 0 aliphatic heterocycles. The Morgan fingerprint density at radius 1 is 0.421 bits per heavy atom. The highest BCUT2D eigenvalue weighted by Crippen LogP contribution is 2.69. The molecular formula is C16H37BP2. The van der Waals surface area contributed by atoms with Crippen molar-refractivity contribution < 1.29 is 0 Å². The van der Waals surface area contributed by atoms with E-state index in [4.69, 9.17) is 0 Å². The molecule has 19 heavy (non-hydrogen) atoms. The van der Waals surface area contributed by atoms with Crippen LogP contribution in [0.4, 0.5) is 0 Å². The summed E-state index contributed by atoms with van der Waals surface area (Å²) in [4.78, 5) is 0. The molecule has 0 unspecified atom stereocenters. The van der Waals surface area contributed by atoms with Crippen molar-refractivity contribution in [1.82, 2.24) is 0 Å². The molecule has 0 saturated carbocycles. The molecule has 0 aromatic heterocycles. The topological polar surface area (TPSA) is 0 Å². The molecule has 0 aliphatic rings. The van der Waals surface area contributed by atoms with Gasteiger partial charge in [0.05, 0.1) is 0 Å². The summed E-state index contributed by atoms with van der Waals surface area (Å²) < 4.78 is 0. The summed E-state index contributed by atoms with van der Waals surface area (Å²) in [5.74, 6) is 0. The molecule has 0 bridgehead atoms. The van der Waals surface area contributed by atoms with Gasteiger partial charge in [0.2, 0.25) is 0 Å². The maximum atomic E-state index is 2.45. The first-order chi connectivity index (χ1) is 7.97. The van der Waals surface area contributed by atoms with E-state index in [-0.39, 0.29) is 15.6 Å². The zero-order valence-electron chi connectivity index (χ0n) is 15.6. The van der Waals surface area contributed by atoms with E-state index >= 15 is 0 Å². The lowest BCUT2D eigenvalue weighted by atomic mass is 10.2. The minimum atomic E-state index is 0.0181. The molecule has 114 valence electrons. The van der Waals surface area contributed by atoms with Gasteiger partial charge >= 0.3 is 0 Å². The minimum absolute atomic E-state index is 0.0181. The lowest BCUT2D eigenvalue weighted by Crippen LogP contribution is -2.33. The summed E-state index contributed by atoms with van der Waals surface area (Å²) in [5.41, 5.74) is 0. The Bertz CT molecular complexity index is 226. The first-order valence-electron chi connectivity index (χ1n) is 7.53. The molecule has 0 atom stereocenters. The van der Waals surface area contributed by atoms with Gasteiger partial charge in [-0.15, -0.1) is 15.6 Å². The molecule has 0 heterocycles. The van der Waals surface area contributed by atoms with Crippen LogP contribution in [0.25, 0.3) is 0 Å². The highest BCUT2D eigenvalue weighted by molar-refractivity contribution is 8.16. The number of rotatable bonds is 2. The molecular weight excluding hydrogens is 265 g/mol. The highest BCUT2D eigenvalue weighted by Gasteiger charge is 2.42. The second-order valence-electron chi connectivity index (χ2n) is 9.68. The van der Waals surface area contributed by atoms with Gasteiger partial charge in [-0.3, -0.25) is 0 Å². The monoisotopic (exact) mass is 302 g/mol. The Hall–Kier alpha value is 0.925. The van der Waals surface area contributed by atoms with Crippen molar-refractivity contribution in [2.75, 3.05) is 0 Å². The molecule has 0 aliphatic carbocycles. The molecule has 0 aromatic rings. The Kier molecular flexibility index (Phi) is 6.26. The fourth-order valence-corrected chi connectivity index (χ4v) is 14.9. The average molecular weight is 302 g/mol. The van der Waals surface area contributed by atoms with E-state index in [1.165, 1.54) is 6.72 Å². The molecule has 0 radical (unpaired) electrons. The van der Waals surface area contributed by atoms with Crippen LogP contribution in [0, 0.1) is 0 Å². The summed E-state index contributed by atoms with van der Waals surface area (Å²) >= 11 is 0. The SMILES string of the molecule is CC(C)(C)P(BP(C(C)(C)C)C(C)(C)C)C(C)(C)C. The maximum Gasteiger partial charge on any atom is 0.184 e.